The molecule has 1 aromatic heterocycles. The molecular formula is C59H38N2. The van der Waals surface area contributed by atoms with E-state index < -0.39 is 5.41 Å². The lowest BCUT2D eigenvalue weighted by atomic mass is 9.69. The summed E-state index contributed by atoms with van der Waals surface area (Å²) in [7, 11) is 0. The summed E-state index contributed by atoms with van der Waals surface area (Å²) in [6.07, 6.45) is 0. The van der Waals surface area contributed by atoms with E-state index in [0.29, 0.717) is 5.82 Å². The van der Waals surface area contributed by atoms with Crippen molar-refractivity contribution in [3.8, 4) is 89.5 Å². The van der Waals surface area contributed by atoms with E-state index in [9.17, 15) is 0 Å². The second-order valence-electron chi connectivity index (χ2n) is 16.1. The fourth-order valence-corrected chi connectivity index (χ4v) is 9.91. The molecule has 0 atom stereocenters. The number of fused-ring (bicyclic) bond motifs is 10. The fourth-order valence-electron chi connectivity index (χ4n) is 9.91. The minimum atomic E-state index is -0.530. The van der Waals surface area contributed by atoms with Crippen LogP contribution in [-0.4, -0.2) is 9.97 Å². The highest BCUT2D eigenvalue weighted by atomic mass is 14.9. The maximum Gasteiger partial charge on any atom is 0.160 e. The molecule has 0 bridgehead atoms. The Kier molecular flexibility index (Phi) is 8.11. The van der Waals surface area contributed by atoms with Crippen LogP contribution in [0.25, 0.3) is 89.5 Å². The van der Waals surface area contributed by atoms with Gasteiger partial charge in [0.05, 0.1) is 16.8 Å². The third-order valence-corrected chi connectivity index (χ3v) is 12.7. The molecule has 2 aliphatic carbocycles. The summed E-state index contributed by atoms with van der Waals surface area (Å²) in [5.41, 5.74) is 21.9. The molecule has 9 aromatic carbocycles. The van der Waals surface area contributed by atoms with Crippen molar-refractivity contribution in [2.24, 2.45) is 0 Å². The summed E-state index contributed by atoms with van der Waals surface area (Å²) in [5, 5.41) is 0. The van der Waals surface area contributed by atoms with Crippen LogP contribution in [0.15, 0.2) is 231 Å². The lowest BCUT2D eigenvalue weighted by molar-refractivity contribution is 0.794. The Balaban J connectivity index is 1.07. The normalized spacial score (nSPS) is 12.7. The van der Waals surface area contributed by atoms with Gasteiger partial charge in [-0.3, -0.25) is 0 Å². The van der Waals surface area contributed by atoms with Crippen molar-refractivity contribution in [3.63, 3.8) is 0 Å². The Morgan fingerprint density at radius 3 is 1.08 bits per heavy atom. The van der Waals surface area contributed by atoms with Gasteiger partial charge in [-0.05, 0) is 108 Å². The molecule has 10 aromatic rings. The van der Waals surface area contributed by atoms with Crippen LogP contribution in [0.2, 0.25) is 0 Å². The Bertz CT molecular complexity index is 3130. The largest absolute Gasteiger partial charge is 0.228 e. The number of rotatable bonds is 6. The maximum absolute atomic E-state index is 5.18. The van der Waals surface area contributed by atoms with Gasteiger partial charge in [-0.1, -0.05) is 200 Å². The quantitative estimate of drug-likeness (QED) is 0.168. The Morgan fingerprint density at radius 1 is 0.230 bits per heavy atom. The first-order valence-corrected chi connectivity index (χ1v) is 21.0. The van der Waals surface area contributed by atoms with E-state index in [1.54, 1.807) is 0 Å². The molecule has 1 heterocycles. The van der Waals surface area contributed by atoms with Gasteiger partial charge in [-0.25, -0.2) is 9.97 Å². The molecule has 0 saturated heterocycles. The molecule has 2 nitrogen and oxygen atoms in total. The maximum atomic E-state index is 5.18. The highest BCUT2D eigenvalue weighted by Crippen LogP contribution is 2.64. The highest BCUT2D eigenvalue weighted by molar-refractivity contribution is 5.98. The standard InChI is InChI=1S/C59H38N2/c1-5-16-39(17-6-1)44-28-31-50-51-32-29-45(40-18-7-2-8-19-40)36-54(51)59(53(50)35-44)52-27-14-13-26-48(52)49-33-30-46(37-55(49)59)43-24-15-25-47(34-43)58-60-56(41-20-9-3-10-21-41)38-57(61-58)42-22-11-4-12-23-42/h1-38H. The summed E-state index contributed by atoms with van der Waals surface area (Å²) in [5.74, 6) is 0.702. The molecule has 0 radical (unpaired) electrons. The van der Waals surface area contributed by atoms with Crippen LogP contribution in [0.5, 0.6) is 0 Å². The van der Waals surface area contributed by atoms with Gasteiger partial charge < -0.3 is 0 Å². The van der Waals surface area contributed by atoms with E-state index in [-0.39, 0.29) is 0 Å². The lowest BCUT2D eigenvalue weighted by Crippen LogP contribution is -2.26. The van der Waals surface area contributed by atoms with Crippen LogP contribution in [0.1, 0.15) is 22.3 Å². The Hall–Kier alpha value is -7.94. The van der Waals surface area contributed by atoms with E-state index >= 15 is 0 Å². The summed E-state index contributed by atoms with van der Waals surface area (Å²) < 4.78 is 0. The zero-order valence-corrected chi connectivity index (χ0v) is 33.3. The van der Waals surface area contributed by atoms with Crippen LogP contribution < -0.4 is 0 Å². The van der Waals surface area contributed by atoms with Gasteiger partial charge in [0.15, 0.2) is 5.82 Å². The van der Waals surface area contributed by atoms with Gasteiger partial charge in [-0.2, -0.15) is 0 Å². The Labute approximate surface area is 356 Å². The van der Waals surface area contributed by atoms with Gasteiger partial charge in [-0.15, -0.1) is 0 Å². The highest BCUT2D eigenvalue weighted by Gasteiger charge is 2.52. The minimum absolute atomic E-state index is 0.530. The molecule has 284 valence electrons. The third kappa shape index (κ3) is 5.64. The molecule has 0 N–H and O–H groups in total. The lowest BCUT2D eigenvalue weighted by Gasteiger charge is -2.31. The Morgan fingerprint density at radius 2 is 0.590 bits per heavy atom. The molecular weight excluding hydrogens is 737 g/mol. The SMILES string of the molecule is c1ccc(-c2ccc3c(c2)C2(c4ccccc4-c4ccc(-c5cccc(-c6nc(-c7ccccc7)cc(-c7ccccc7)n6)c5)cc42)c2cc(-c4ccccc4)ccc2-3)cc1. The van der Waals surface area contributed by atoms with Gasteiger partial charge in [0.2, 0.25) is 0 Å². The zero-order chi connectivity index (χ0) is 40.3. The second kappa shape index (κ2) is 14.1. The smallest absolute Gasteiger partial charge is 0.160 e. The molecule has 12 rings (SSSR count). The van der Waals surface area contributed by atoms with Gasteiger partial charge in [0.25, 0.3) is 0 Å². The summed E-state index contributed by atoms with van der Waals surface area (Å²) in [6.45, 7) is 0. The summed E-state index contributed by atoms with van der Waals surface area (Å²) in [4.78, 5) is 10.4. The van der Waals surface area contributed by atoms with E-state index in [1.165, 1.54) is 66.8 Å². The first kappa shape index (κ1) is 35.0. The van der Waals surface area contributed by atoms with Crippen LogP contribution in [-0.2, 0) is 5.41 Å². The molecule has 0 unspecified atom stereocenters. The number of benzene rings is 9. The molecule has 2 heteroatoms. The molecule has 2 aliphatic rings. The number of aromatic nitrogens is 2. The zero-order valence-electron chi connectivity index (χ0n) is 33.3. The number of hydrogen-bond donors (Lipinski definition) is 0. The molecule has 0 fully saturated rings. The average Bonchev–Trinajstić information content (AvgIpc) is 3.81. The average molecular weight is 775 g/mol. The molecule has 1 spiro atoms. The van der Waals surface area contributed by atoms with Crippen molar-refractivity contribution in [2.75, 3.05) is 0 Å². The number of nitrogens with zero attached hydrogens (tertiary/aromatic N) is 2. The molecule has 0 aliphatic heterocycles. The molecule has 0 amide bonds. The van der Waals surface area contributed by atoms with Crippen molar-refractivity contribution >= 4 is 0 Å². The van der Waals surface area contributed by atoms with Crippen molar-refractivity contribution in [2.45, 2.75) is 5.41 Å². The minimum Gasteiger partial charge on any atom is -0.228 e. The van der Waals surface area contributed by atoms with Crippen molar-refractivity contribution in [1.29, 1.82) is 0 Å². The predicted octanol–water partition coefficient (Wildman–Crippen LogP) is 14.8. The summed E-state index contributed by atoms with van der Waals surface area (Å²) >= 11 is 0. The van der Waals surface area contributed by atoms with Crippen LogP contribution in [0, 0.1) is 0 Å². The van der Waals surface area contributed by atoms with E-state index in [0.717, 1.165) is 39.2 Å². The number of hydrogen-bond acceptors (Lipinski definition) is 2. The fraction of sp³-hybridized carbons (Fsp3) is 0.0169. The molecule has 61 heavy (non-hydrogen) atoms. The van der Waals surface area contributed by atoms with E-state index in [4.69, 9.17) is 9.97 Å². The monoisotopic (exact) mass is 774 g/mol. The first-order chi connectivity index (χ1) is 30.2. The van der Waals surface area contributed by atoms with Crippen LogP contribution >= 0.6 is 0 Å². The van der Waals surface area contributed by atoms with Crippen molar-refractivity contribution < 1.29 is 0 Å². The van der Waals surface area contributed by atoms with Crippen LogP contribution in [0.4, 0.5) is 0 Å². The molecule has 0 saturated carbocycles. The van der Waals surface area contributed by atoms with Crippen LogP contribution in [0.3, 0.4) is 0 Å². The van der Waals surface area contributed by atoms with Crippen molar-refractivity contribution in [1.82, 2.24) is 9.97 Å². The van der Waals surface area contributed by atoms with E-state index in [1.807, 2.05) is 12.1 Å². The third-order valence-electron chi connectivity index (χ3n) is 12.7. The van der Waals surface area contributed by atoms with Gasteiger partial charge in [0.1, 0.15) is 0 Å². The van der Waals surface area contributed by atoms with Crippen molar-refractivity contribution in [3.05, 3.63) is 253 Å². The second-order valence-corrected chi connectivity index (χ2v) is 16.1. The van der Waals surface area contributed by atoms with Gasteiger partial charge in [0, 0.05) is 16.7 Å². The van der Waals surface area contributed by atoms with E-state index in [2.05, 4.69) is 218 Å². The van der Waals surface area contributed by atoms with Gasteiger partial charge >= 0.3 is 0 Å². The first-order valence-electron chi connectivity index (χ1n) is 21.0. The summed E-state index contributed by atoms with van der Waals surface area (Å²) in [6, 6.07) is 83.6. The topological polar surface area (TPSA) is 25.8 Å². The predicted molar refractivity (Wildman–Crippen MR) is 251 cm³/mol.